The average molecular weight is 368 g/mol. The van der Waals surface area contributed by atoms with E-state index in [1.54, 1.807) is 0 Å². The highest BCUT2D eigenvalue weighted by molar-refractivity contribution is 6.31. The van der Waals surface area contributed by atoms with E-state index in [-0.39, 0.29) is 17.2 Å². The van der Waals surface area contributed by atoms with Gasteiger partial charge >= 0.3 is 0 Å². The minimum atomic E-state index is -0.360. The average Bonchev–Trinajstić information content (AvgIpc) is 2.65. The van der Waals surface area contributed by atoms with Crippen LogP contribution in [0.1, 0.15) is 15.9 Å². The Balaban J connectivity index is 1.57. The van der Waals surface area contributed by atoms with Gasteiger partial charge in [-0.25, -0.2) is 0 Å². The second-order valence-electron chi connectivity index (χ2n) is 5.73. The minimum absolute atomic E-state index is 0.0924. The molecule has 1 amide bonds. The van der Waals surface area contributed by atoms with Gasteiger partial charge in [0.2, 0.25) is 0 Å². The number of amides is 1. The van der Waals surface area contributed by atoms with Gasteiger partial charge in [-0.2, -0.15) is 0 Å². The van der Waals surface area contributed by atoms with E-state index in [9.17, 15) is 9.90 Å². The van der Waals surface area contributed by atoms with E-state index in [1.165, 1.54) is 18.2 Å². The van der Waals surface area contributed by atoms with Gasteiger partial charge in [0.1, 0.15) is 17.2 Å². The maximum atomic E-state index is 12.2. The molecule has 3 aromatic carbocycles. The summed E-state index contributed by atoms with van der Waals surface area (Å²) in [7, 11) is 0. The number of aromatic hydroxyl groups is 1. The third kappa shape index (κ3) is 4.77. The van der Waals surface area contributed by atoms with Crippen LogP contribution in [0.3, 0.4) is 0 Å². The second-order valence-corrected chi connectivity index (χ2v) is 6.17. The van der Waals surface area contributed by atoms with Crippen molar-refractivity contribution in [1.82, 2.24) is 5.32 Å². The zero-order valence-corrected chi connectivity index (χ0v) is 14.7. The van der Waals surface area contributed by atoms with Crippen LogP contribution in [0, 0.1) is 0 Å². The molecule has 0 radical (unpaired) electrons. The van der Waals surface area contributed by atoms with Crippen molar-refractivity contribution in [3.8, 4) is 17.2 Å². The largest absolute Gasteiger partial charge is 0.507 e. The summed E-state index contributed by atoms with van der Waals surface area (Å²) in [4.78, 5) is 12.2. The van der Waals surface area contributed by atoms with Crippen LogP contribution in [0.25, 0.3) is 0 Å². The number of phenols is 1. The fourth-order valence-electron chi connectivity index (χ4n) is 2.49. The Hall–Kier alpha value is -2.98. The van der Waals surface area contributed by atoms with Crippen LogP contribution in [-0.4, -0.2) is 17.6 Å². The summed E-state index contributed by atoms with van der Waals surface area (Å²) in [5, 5.41) is 13.0. The molecule has 0 aromatic heterocycles. The number of phenolic OH excluding ortho intramolecular Hbond substituents is 1. The van der Waals surface area contributed by atoms with Gasteiger partial charge in [0.05, 0.1) is 5.56 Å². The quantitative estimate of drug-likeness (QED) is 0.657. The van der Waals surface area contributed by atoms with Crippen LogP contribution >= 0.6 is 11.6 Å². The fourth-order valence-corrected chi connectivity index (χ4v) is 2.67. The molecule has 0 unspecified atom stereocenters. The first-order valence-corrected chi connectivity index (χ1v) is 8.58. The molecule has 0 aliphatic rings. The van der Waals surface area contributed by atoms with E-state index in [0.29, 0.717) is 18.0 Å². The number of carbonyl (C=O) groups excluding carboxylic acids is 1. The van der Waals surface area contributed by atoms with Crippen molar-refractivity contribution >= 4 is 17.5 Å². The Labute approximate surface area is 157 Å². The number of hydrogen-bond donors (Lipinski definition) is 2. The van der Waals surface area contributed by atoms with E-state index in [1.807, 2.05) is 54.6 Å². The molecule has 3 rings (SSSR count). The third-order valence-electron chi connectivity index (χ3n) is 3.78. The fraction of sp³-hybridized carbons (Fsp3) is 0.0952. The molecule has 4 nitrogen and oxygen atoms in total. The lowest BCUT2D eigenvalue weighted by Crippen LogP contribution is -2.25. The highest BCUT2D eigenvalue weighted by atomic mass is 35.5. The molecule has 0 aliphatic carbocycles. The van der Waals surface area contributed by atoms with Gasteiger partial charge in [-0.05, 0) is 54.4 Å². The summed E-state index contributed by atoms with van der Waals surface area (Å²) in [6, 6.07) is 21.7. The highest BCUT2D eigenvalue weighted by Crippen LogP contribution is 2.23. The SMILES string of the molecule is O=C(NCCc1cccc(Oc2ccccc2)c1)c1cc(Cl)ccc1O. The number of benzene rings is 3. The number of carbonyl (C=O) groups is 1. The van der Waals surface area contributed by atoms with E-state index >= 15 is 0 Å². The predicted octanol–water partition coefficient (Wildman–Crippen LogP) is 4.81. The second kappa shape index (κ2) is 8.41. The summed E-state index contributed by atoms with van der Waals surface area (Å²) < 4.78 is 5.81. The van der Waals surface area contributed by atoms with Crippen LogP contribution in [0.15, 0.2) is 72.8 Å². The van der Waals surface area contributed by atoms with Crippen LogP contribution in [-0.2, 0) is 6.42 Å². The molecule has 0 atom stereocenters. The highest BCUT2D eigenvalue weighted by Gasteiger charge is 2.11. The maximum Gasteiger partial charge on any atom is 0.255 e. The van der Waals surface area contributed by atoms with Crippen molar-refractivity contribution in [2.75, 3.05) is 6.54 Å². The van der Waals surface area contributed by atoms with Gasteiger partial charge in [0.15, 0.2) is 0 Å². The molecule has 0 bridgehead atoms. The molecular weight excluding hydrogens is 350 g/mol. The zero-order valence-electron chi connectivity index (χ0n) is 14.0. The Morgan fingerprint density at radius 2 is 1.73 bits per heavy atom. The molecule has 26 heavy (non-hydrogen) atoms. The van der Waals surface area contributed by atoms with E-state index < -0.39 is 0 Å². The number of halogens is 1. The summed E-state index contributed by atoms with van der Waals surface area (Å²) in [5.41, 5.74) is 1.20. The molecule has 0 heterocycles. The van der Waals surface area contributed by atoms with Crippen molar-refractivity contribution in [1.29, 1.82) is 0 Å². The van der Waals surface area contributed by atoms with Crippen molar-refractivity contribution in [2.45, 2.75) is 6.42 Å². The van der Waals surface area contributed by atoms with Crippen LogP contribution in [0.4, 0.5) is 0 Å². The number of ether oxygens (including phenoxy) is 1. The van der Waals surface area contributed by atoms with Crippen LogP contribution in [0.2, 0.25) is 5.02 Å². The molecule has 3 aromatic rings. The van der Waals surface area contributed by atoms with Gasteiger partial charge in [-0.15, -0.1) is 0 Å². The van der Waals surface area contributed by atoms with Gasteiger partial charge in [-0.1, -0.05) is 41.9 Å². The zero-order chi connectivity index (χ0) is 18.4. The predicted molar refractivity (Wildman–Crippen MR) is 102 cm³/mol. The Morgan fingerprint density at radius 1 is 0.962 bits per heavy atom. The first-order chi connectivity index (χ1) is 12.6. The first kappa shape index (κ1) is 17.8. The molecule has 0 fully saturated rings. The van der Waals surface area contributed by atoms with E-state index in [0.717, 1.165) is 17.1 Å². The maximum absolute atomic E-state index is 12.2. The number of para-hydroxylation sites is 1. The number of nitrogens with one attached hydrogen (secondary N) is 1. The van der Waals surface area contributed by atoms with E-state index in [4.69, 9.17) is 16.3 Å². The van der Waals surface area contributed by atoms with Gasteiger partial charge in [0, 0.05) is 11.6 Å². The summed E-state index contributed by atoms with van der Waals surface area (Å²) in [5.74, 6) is 1.06. The van der Waals surface area contributed by atoms with Gasteiger partial charge < -0.3 is 15.2 Å². The Morgan fingerprint density at radius 3 is 2.54 bits per heavy atom. The number of rotatable bonds is 6. The van der Waals surface area contributed by atoms with Gasteiger partial charge in [-0.3, -0.25) is 4.79 Å². The lowest BCUT2D eigenvalue weighted by molar-refractivity contribution is 0.0951. The Bertz CT molecular complexity index is 897. The van der Waals surface area contributed by atoms with E-state index in [2.05, 4.69) is 5.32 Å². The van der Waals surface area contributed by atoms with Crippen molar-refractivity contribution in [2.24, 2.45) is 0 Å². The molecule has 5 heteroatoms. The normalized spacial score (nSPS) is 10.3. The van der Waals surface area contributed by atoms with Crippen molar-refractivity contribution in [3.63, 3.8) is 0 Å². The molecule has 0 saturated heterocycles. The van der Waals surface area contributed by atoms with Crippen molar-refractivity contribution < 1.29 is 14.6 Å². The smallest absolute Gasteiger partial charge is 0.255 e. The summed E-state index contributed by atoms with van der Waals surface area (Å²) in [6.07, 6.45) is 0.638. The summed E-state index contributed by atoms with van der Waals surface area (Å²) in [6.45, 7) is 0.430. The van der Waals surface area contributed by atoms with Gasteiger partial charge in [0.25, 0.3) is 5.91 Å². The van der Waals surface area contributed by atoms with Crippen LogP contribution in [0.5, 0.6) is 17.2 Å². The lowest BCUT2D eigenvalue weighted by atomic mass is 10.1. The minimum Gasteiger partial charge on any atom is -0.507 e. The third-order valence-corrected chi connectivity index (χ3v) is 4.01. The first-order valence-electron chi connectivity index (χ1n) is 8.20. The molecular formula is C21H18ClNO3. The Kier molecular flexibility index (Phi) is 5.77. The number of hydrogen-bond acceptors (Lipinski definition) is 3. The molecule has 0 aliphatic heterocycles. The van der Waals surface area contributed by atoms with Crippen LogP contribution < -0.4 is 10.1 Å². The molecule has 132 valence electrons. The standard InChI is InChI=1S/C21H18ClNO3/c22-16-9-10-20(24)19(14-16)21(25)23-12-11-15-5-4-8-18(13-15)26-17-6-2-1-3-7-17/h1-10,13-14,24H,11-12H2,(H,23,25). The molecule has 2 N–H and O–H groups in total. The summed E-state index contributed by atoms with van der Waals surface area (Å²) >= 11 is 5.87. The molecule has 0 spiro atoms. The van der Waals surface area contributed by atoms with Crippen molar-refractivity contribution in [3.05, 3.63) is 88.9 Å². The topological polar surface area (TPSA) is 58.6 Å². The molecule has 0 saturated carbocycles. The lowest BCUT2D eigenvalue weighted by Gasteiger charge is -2.09. The monoisotopic (exact) mass is 367 g/mol.